The maximum absolute atomic E-state index is 13.5. The second kappa shape index (κ2) is 5.65. The van der Waals surface area contributed by atoms with E-state index in [4.69, 9.17) is 4.74 Å². The molecule has 110 valence electrons. The molecule has 0 bridgehead atoms. The van der Waals surface area contributed by atoms with E-state index in [-0.39, 0.29) is 5.82 Å². The van der Waals surface area contributed by atoms with Gasteiger partial charge in [0.1, 0.15) is 24.1 Å². The van der Waals surface area contributed by atoms with Crippen molar-refractivity contribution in [3.63, 3.8) is 0 Å². The first-order valence-corrected chi connectivity index (χ1v) is 6.82. The Morgan fingerprint density at radius 2 is 2.19 bits per heavy atom. The van der Waals surface area contributed by atoms with E-state index in [1.165, 1.54) is 6.07 Å². The minimum atomic E-state index is -0.235. The third kappa shape index (κ3) is 2.67. The Morgan fingerprint density at radius 3 is 2.95 bits per heavy atom. The zero-order valence-corrected chi connectivity index (χ0v) is 12.1. The summed E-state index contributed by atoms with van der Waals surface area (Å²) in [7, 11) is 3.41. The number of ether oxygens (including phenoxy) is 1. The number of nitrogens with zero attached hydrogens (tertiary/aromatic N) is 3. The van der Waals surface area contributed by atoms with E-state index in [0.717, 1.165) is 35.9 Å². The molecule has 0 spiro atoms. The normalized spacial score (nSPS) is 13.4. The highest BCUT2D eigenvalue weighted by Crippen LogP contribution is 2.34. The number of rotatable bonds is 4. The second-order valence-electron chi connectivity index (χ2n) is 4.89. The van der Waals surface area contributed by atoms with Gasteiger partial charge in [-0.2, -0.15) is 0 Å². The first-order valence-electron chi connectivity index (χ1n) is 6.82. The van der Waals surface area contributed by atoms with Crippen LogP contribution in [0.3, 0.4) is 0 Å². The predicted octanol–water partition coefficient (Wildman–Crippen LogP) is 2.50. The Kier molecular flexibility index (Phi) is 3.70. The molecule has 6 heteroatoms. The molecule has 2 heterocycles. The summed E-state index contributed by atoms with van der Waals surface area (Å²) in [5, 5.41) is 3.02. The monoisotopic (exact) mass is 288 g/mol. The first-order chi connectivity index (χ1) is 10.2. The van der Waals surface area contributed by atoms with E-state index in [1.807, 2.05) is 17.0 Å². The number of fused-ring (bicyclic) bond motifs is 1. The van der Waals surface area contributed by atoms with E-state index in [2.05, 4.69) is 15.3 Å². The molecule has 0 unspecified atom stereocenters. The Balaban J connectivity index is 2.02. The van der Waals surface area contributed by atoms with Gasteiger partial charge in [-0.25, -0.2) is 14.4 Å². The highest BCUT2D eigenvalue weighted by Gasteiger charge is 2.23. The van der Waals surface area contributed by atoms with Crippen LogP contribution in [0.15, 0.2) is 24.3 Å². The molecule has 1 aliphatic rings. The minimum absolute atomic E-state index is 0.235. The van der Waals surface area contributed by atoms with Gasteiger partial charge in [-0.15, -0.1) is 0 Å². The Bertz CT molecular complexity index is 662. The molecule has 0 saturated carbocycles. The van der Waals surface area contributed by atoms with Crippen molar-refractivity contribution in [3.8, 4) is 0 Å². The number of methoxy groups -OCH3 is 1. The van der Waals surface area contributed by atoms with E-state index >= 15 is 0 Å². The van der Waals surface area contributed by atoms with Crippen LogP contribution in [0.2, 0.25) is 0 Å². The van der Waals surface area contributed by atoms with Crippen molar-refractivity contribution in [3.05, 3.63) is 41.5 Å². The predicted molar refractivity (Wildman–Crippen MR) is 79.4 cm³/mol. The topological polar surface area (TPSA) is 50.3 Å². The van der Waals surface area contributed by atoms with Crippen LogP contribution in [0, 0.1) is 5.82 Å². The van der Waals surface area contributed by atoms with E-state index in [9.17, 15) is 4.39 Å². The summed E-state index contributed by atoms with van der Waals surface area (Å²) in [6.45, 7) is 1.12. The molecular formula is C15H17FN4O. The van der Waals surface area contributed by atoms with Crippen LogP contribution in [-0.2, 0) is 17.8 Å². The molecule has 1 aromatic heterocycles. The number of benzene rings is 1. The van der Waals surface area contributed by atoms with Gasteiger partial charge in [-0.3, -0.25) is 0 Å². The molecular weight excluding hydrogens is 271 g/mol. The molecule has 0 radical (unpaired) electrons. The molecule has 2 aromatic rings. The lowest BCUT2D eigenvalue weighted by molar-refractivity contribution is 0.178. The molecule has 0 aliphatic carbocycles. The van der Waals surface area contributed by atoms with Crippen LogP contribution in [0.1, 0.15) is 11.4 Å². The number of hydrogen-bond acceptors (Lipinski definition) is 5. The van der Waals surface area contributed by atoms with Crippen LogP contribution in [-0.4, -0.2) is 30.7 Å². The zero-order chi connectivity index (χ0) is 14.8. The number of hydrogen-bond donors (Lipinski definition) is 1. The lowest BCUT2D eigenvalue weighted by Gasteiger charge is -2.19. The maximum Gasteiger partial charge on any atom is 0.158 e. The summed E-state index contributed by atoms with van der Waals surface area (Å²) in [5.41, 5.74) is 2.01. The average molecular weight is 288 g/mol. The molecule has 0 saturated heterocycles. The summed E-state index contributed by atoms with van der Waals surface area (Å²) >= 11 is 0. The number of aromatic nitrogens is 2. The molecule has 0 amide bonds. The molecule has 5 nitrogen and oxygen atoms in total. The van der Waals surface area contributed by atoms with Crippen molar-refractivity contribution in [1.82, 2.24) is 9.97 Å². The smallest absolute Gasteiger partial charge is 0.158 e. The van der Waals surface area contributed by atoms with Gasteiger partial charge in [0, 0.05) is 32.5 Å². The summed E-state index contributed by atoms with van der Waals surface area (Å²) < 4.78 is 18.6. The largest absolute Gasteiger partial charge is 0.377 e. The fraction of sp³-hybridized carbons (Fsp3) is 0.333. The van der Waals surface area contributed by atoms with Crippen molar-refractivity contribution < 1.29 is 9.13 Å². The van der Waals surface area contributed by atoms with E-state index < -0.39 is 0 Å². The molecule has 1 aromatic carbocycles. The Morgan fingerprint density at radius 1 is 1.33 bits per heavy atom. The molecule has 0 fully saturated rings. The van der Waals surface area contributed by atoms with Gasteiger partial charge in [0.15, 0.2) is 5.82 Å². The lowest BCUT2D eigenvalue weighted by Crippen LogP contribution is -2.17. The van der Waals surface area contributed by atoms with Crippen LogP contribution in [0.5, 0.6) is 0 Å². The third-order valence-electron chi connectivity index (χ3n) is 3.51. The van der Waals surface area contributed by atoms with Crippen molar-refractivity contribution in [2.24, 2.45) is 0 Å². The minimum Gasteiger partial charge on any atom is -0.377 e. The van der Waals surface area contributed by atoms with E-state index in [0.29, 0.717) is 12.4 Å². The summed E-state index contributed by atoms with van der Waals surface area (Å²) in [6, 6.07) is 6.75. The first kappa shape index (κ1) is 13.8. The molecule has 0 atom stereocenters. The third-order valence-corrected chi connectivity index (χ3v) is 3.51. The van der Waals surface area contributed by atoms with Gasteiger partial charge >= 0.3 is 0 Å². The Hall–Kier alpha value is -2.21. The van der Waals surface area contributed by atoms with E-state index in [1.54, 1.807) is 20.2 Å². The fourth-order valence-electron chi connectivity index (χ4n) is 2.53. The second-order valence-corrected chi connectivity index (χ2v) is 4.89. The number of nitrogens with one attached hydrogen (secondary N) is 1. The summed E-state index contributed by atoms with van der Waals surface area (Å²) in [6.07, 6.45) is 0.883. The van der Waals surface area contributed by atoms with Crippen molar-refractivity contribution in [1.29, 1.82) is 0 Å². The van der Waals surface area contributed by atoms with Gasteiger partial charge in [0.2, 0.25) is 0 Å². The maximum atomic E-state index is 13.5. The van der Waals surface area contributed by atoms with Crippen LogP contribution in [0.25, 0.3) is 0 Å². The van der Waals surface area contributed by atoms with Crippen LogP contribution in [0.4, 0.5) is 21.7 Å². The van der Waals surface area contributed by atoms with Crippen molar-refractivity contribution in [2.45, 2.75) is 13.0 Å². The molecule has 21 heavy (non-hydrogen) atoms. The average Bonchev–Trinajstić information content (AvgIpc) is 2.90. The van der Waals surface area contributed by atoms with Gasteiger partial charge in [0.25, 0.3) is 0 Å². The highest BCUT2D eigenvalue weighted by atomic mass is 19.1. The zero-order valence-electron chi connectivity index (χ0n) is 12.1. The number of anilines is 3. The van der Waals surface area contributed by atoms with Crippen molar-refractivity contribution in [2.75, 3.05) is 30.9 Å². The Labute approximate surface area is 122 Å². The van der Waals surface area contributed by atoms with Gasteiger partial charge in [0.05, 0.1) is 0 Å². The van der Waals surface area contributed by atoms with Crippen molar-refractivity contribution >= 4 is 17.3 Å². The van der Waals surface area contributed by atoms with Gasteiger partial charge in [-0.05, 0) is 24.1 Å². The summed E-state index contributed by atoms with van der Waals surface area (Å²) in [4.78, 5) is 10.9. The molecule has 3 rings (SSSR count). The standard InChI is InChI=1S/C15H17FN4O/c1-17-13-8-15(19-14(18-13)9-21-2)20-6-5-10-3-4-11(16)7-12(10)20/h3-4,7-8H,5-6,9H2,1-2H3,(H,17,18,19). The highest BCUT2D eigenvalue weighted by molar-refractivity contribution is 5.69. The van der Waals surface area contributed by atoms with Crippen LogP contribution < -0.4 is 10.2 Å². The SMILES string of the molecule is CNc1cc(N2CCc3ccc(F)cc32)nc(COC)n1. The van der Waals surface area contributed by atoms with Crippen LogP contribution >= 0.6 is 0 Å². The fourth-order valence-corrected chi connectivity index (χ4v) is 2.53. The lowest BCUT2D eigenvalue weighted by atomic mass is 10.2. The molecule has 1 N–H and O–H groups in total. The quantitative estimate of drug-likeness (QED) is 0.936. The number of halogens is 1. The summed E-state index contributed by atoms with van der Waals surface area (Å²) in [5.74, 6) is 1.84. The molecule has 1 aliphatic heterocycles. The van der Waals surface area contributed by atoms with Gasteiger partial charge < -0.3 is 15.0 Å². The van der Waals surface area contributed by atoms with Gasteiger partial charge in [-0.1, -0.05) is 6.07 Å².